The highest BCUT2D eigenvalue weighted by atomic mass is 31.2. The number of hydrogen-bond acceptors (Lipinski definition) is 4. The first-order valence-electron chi connectivity index (χ1n) is 4.87. The lowest BCUT2D eigenvalue weighted by atomic mass is 10.3. The van der Waals surface area contributed by atoms with Crippen LogP contribution in [-0.2, 0) is 4.57 Å². The zero-order valence-corrected chi connectivity index (χ0v) is 9.90. The number of para-hydroxylation sites is 1. The first-order chi connectivity index (χ1) is 8.46. The summed E-state index contributed by atoms with van der Waals surface area (Å²) in [5.74, 6) is -0.327. The van der Waals surface area contributed by atoms with E-state index in [4.69, 9.17) is 9.79 Å². The summed E-state index contributed by atoms with van der Waals surface area (Å²) >= 11 is 0. The summed E-state index contributed by atoms with van der Waals surface area (Å²) < 4.78 is 16.0. The molecular weight excluding hydrogens is 259 g/mol. The summed E-state index contributed by atoms with van der Waals surface area (Å²) in [6, 6.07) is 10.7. The molecule has 7 nitrogen and oxygen atoms in total. The van der Waals surface area contributed by atoms with Gasteiger partial charge in [0.1, 0.15) is 0 Å². The van der Waals surface area contributed by atoms with E-state index in [9.17, 15) is 9.36 Å². The Hall–Kier alpha value is -1.95. The van der Waals surface area contributed by atoms with Crippen LogP contribution in [0.4, 0.5) is 0 Å². The number of phosphoric ester groups is 1. The number of nitrogens with zero attached hydrogens (tertiary/aromatic N) is 2. The zero-order valence-electron chi connectivity index (χ0n) is 9.00. The number of rotatable bonds is 3. The van der Waals surface area contributed by atoms with Gasteiger partial charge < -0.3 is 4.52 Å². The maximum absolute atomic E-state index is 11.6. The Balaban J connectivity index is 2.46. The average Bonchev–Trinajstić information content (AvgIpc) is 2.31. The van der Waals surface area contributed by atoms with Crippen molar-refractivity contribution in [1.29, 1.82) is 0 Å². The van der Waals surface area contributed by atoms with Gasteiger partial charge in [0.15, 0.2) is 0 Å². The Bertz CT molecular complexity index is 649. The van der Waals surface area contributed by atoms with Crippen molar-refractivity contribution in [3.05, 3.63) is 52.8 Å². The van der Waals surface area contributed by atoms with Crippen LogP contribution in [0.1, 0.15) is 0 Å². The van der Waals surface area contributed by atoms with Crippen molar-refractivity contribution >= 4 is 7.82 Å². The van der Waals surface area contributed by atoms with Crippen LogP contribution in [0, 0.1) is 0 Å². The summed E-state index contributed by atoms with van der Waals surface area (Å²) in [4.78, 5) is 28.9. The largest absolute Gasteiger partial charge is 0.526 e. The minimum atomic E-state index is -4.69. The fourth-order valence-corrected chi connectivity index (χ4v) is 1.66. The molecule has 0 saturated heterocycles. The van der Waals surface area contributed by atoms with Gasteiger partial charge in [-0.2, -0.15) is 4.68 Å². The molecule has 0 saturated carbocycles. The summed E-state index contributed by atoms with van der Waals surface area (Å²) in [5.41, 5.74) is 0.0397. The number of hydrogen-bond donors (Lipinski definition) is 2. The first-order valence-corrected chi connectivity index (χ1v) is 6.40. The molecule has 2 rings (SSSR count). The molecule has 0 bridgehead atoms. The molecule has 0 aliphatic rings. The minimum Gasteiger partial charge on any atom is -0.384 e. The third-order valence-electron chi connectivity index (χ3n) is 1.99. The maximum Gasteiger partial charge on any atom is 0.526 e. The van der Waals surface area contributed by atoms with Crippen molar-refractivity contribution in [2.24, 2.45) is 0 Å². The third kappa shape index (κ3) is 3.04. The fraction of sp³-hybridized carbons (Fsp3) is 0. The number of benzene rings is 1. The molecule has 0 aliphatic heterocycles. The van der Waals surface area contributed by atoms with Gasteiger partial charge in [0.05, 0.1) is 5.69 Å². The molecule has 1 aromatic carbocycles. The lowest BCUT2D eigenvalue weighted by Gasteiger charge is -2.08. The van der Waals surface area contributed by atoms with E-state index in [-0.39, 0.29) is 5.88 Å². The summed E-state index contributed by atoms with van der Waals surface area (Å²) in [6.07, 6.45) is 0. The van der Waals surface area contributed by atoms with E-state index in [2.05, 4.69) is 9.62 Å². The van der Waals surface area contributed by atoms with Crippen molar-refractivity contribution in [1.82, 2.24) is 9.78 Å². The normalized spacial score (nSPS) is 11.2. The van der Waals surface area contributed by atoms with Crippen molar-refractivity contribution in [3.63, 3.8) is 0 Å². The molecule has 2 aromatic rings. The van der Waals surface area contributed by atoms with Gasteiger partial charge in [0, 0.05) is 12.1 Å². The van der Waals surface area contributed by atoms with Gasteiger partial charge in [-0.3, -0.25) is 14.6 Å². The van der Waals surface area contributed by atoms with E-state index in [1.165, 1.54) is 0 Å². The molecule has 8 heteroatoms. The summed E-state index contributed by atoms with van der Waals surface area (Å²) in [5, 5.41) is 3.72. The molecule has 2 N–H and O–H groups in total. The van der Waals surface area contributed by atoms with Crippen molar-refractivity contribution in [2.45, 2.75) is 0 Å². The molecule has 94 valence electrons. The highest BCUT2D eigenvalue weighted by molar-refractivity contribution is 7.46. The molecule has 0 atom stereocenters. The van der Waals surface area contributed by atoms with Gasteiger partial charge in [-0.1, -0.05) is 18.2 Å². The topological polar surface area (TPSA) is 102 Å². The SMILES string of the molecule is O=c1ccc(OP(=O)(O)O)nn1-c1ccccc1. The second-order valence-electron chi connectivity index (χ2n) is 3.34. The van der Waals surface area contributed by atoms with Crippen LogP contribution in [0.25, 0.3) is 5.69 Å². The standard InChI is InChI=1S/C10H9N2O5P/c13-10-7-6-9(17-18(14,15)16)11-12(10)8-4-2-1-3-5-8/h1-7H,(H2,14,15,16). The van der Waals surface area contributed by atoms with Crippen LogP contribution in [0.3, 0.4) is 0 Å². The lowest BCUT2D eigenvalue weighted by molar-refractivity contribution is 0.277. The molecule has 1 heterocycles. The van der Waals surface area contributed by atoms with Crippen LogP contribution in [-0.4, -0.2) is 19.6 Å². The van der Waals surface area contributed by atoms with Gasteiger partial charge in [0.2, 0.25) is 5.88 Å². The van der Waals surface area contributed by atoms with Gasteiger partial charge in [0.25, 0.3) is 5.56 Å². The Morgan fingerprint density at radius 1 is 1.11 bits per heavy atom. The maximum atomic E-state index is 11.6. The van der Waals surface area contributed by atoms with Crippen molar-refractivity contribution in [2.75, 3.05) is 0 Å². The molecule has 0 amide bonds. The van der Waals surface area contributed by atoms with Crippen molar-refractivity contribution < 1.29 is 18.9 Å². The highest BCUT2D eigenvalue weighted by Gasteiger charge is 2.17. The average molecular weight is 268 g/mol. The smallest absolute Gasteiger partial charge is 0.384 e. The van der Waals surface area contributed by atoms with Gasteiger partial charge in [-0.15, -0.1) is 5.10 Å². The van der Waals surface area contributed by atoms with E-state index in [1.54, 1.807) is 30.3 Å². The second kappa shape index (κ2) is 4.73. The van der Waals surface area contributed by atoms with E-state index >= 15 is 0 Å². The second-order valence-corrected chi connectivity index (χ2v) is 4.50. The molecule has 18 heavy (non-hydrogen) atoms. The van der Waals surface area contributed by atoms with E-state index in [0.29, 0.717) is 5.69 Å². The van der Waals surface area contributed by atoms with E-state index < -0.39 is 13.4 Å². The first kappa shape index (κ1) is 12.5. The molecule has 1 aromatic heterocycles. The zero-order chi connectivity index (χ0) is 13.2. The van der Waals surface area contributed by atoms with E-state index in [0.717, 1.165) is 16.8 Å². The van der Waals surface area contributed by atoms with Crippen LogP contribution >= 0.6 is 7.82 Å². The minimum absolute atomic E-state index is 0.327. The summed E-state index contributed by atoms with van der Waals surface area (Å²) in [7, 11) is -4.69. The lowest BCUT2D eigenvalue weighted by Crippen LogP contribution is -2.20. The molecule has 0 aliphatic carbocycles. The molecule has 0 spiro atoms. The molecular formula is C10H9N2O5P. The van der Waals surface area contributed by atoms with Crippen LogP contribution in [0.15, 0.2) is 47.3 Å². The third-order valence-corrected chi connectivity index (χ3v) is 2.41. The quantitative estimate of drug-likeness (QED) is 0.794. The van der Waals surface area contributed by atoms with E-state index in [1.807, 2.05) is 0 Å². The van der Waals surface area contributed by atoms with Crippen LogP contribution < -0.4 is 10.1 Å². The fourth-order valence-electron chi connectivity index (χ4n) is 1.32. The Morgan fingerprint density at radius 2 is 1.78 bits per heavy atom. The Labute approximate surface area is 102 Å². The predicted molar refractivity (Wildman–Crippen MR) is 62.5 cm³/mol. The van der Waals surface area contributed by atoms with Crippen LogP contribution in [0.2, 0.25) is 0 Å². The summed E-state index contributed by atoms with van der Waals surface area (Å²) in [6.45, 7) is 0. The number of phosphoric acid groups is 1. The highest BCUT2D eigenvalue weighted by Crippen LogP contribution is 2.35. The monoisotopic (exact) mass is 268 g/mol. The Kier molecular flexibility index (Phi) is 3.29. The van der Waals surface area contributed by atoms with Crippen LogP contribution in [0.5, 0.6) is 5.88 Å². The molecule has 0 unspecified atom stereocenters. The van der Waals surface area contributed by atoms with Gasteiger partial charge in [-0.05, 0) is 12.1 Å². The number of aromatic nitrogens is 2. The van der Waals surface area contributed by atoms with Gasteiger partial charge in [-0.25, -0.2) is 4.57 Å². The predicted octanol–water partition coefficient (Wildman–Crippen LogP) is 0.704. The Morgan fingerprint density at radius 3 is 2.39 bits per heavy atom. The van der Waals surface area contributed by atoms with Crippen molar-refractivity contribution in [3.8, 4) is 11.6 Å². The molecule has 0 fully saturated rings. The molecule has 0 radical (unpaired) electrons. The van der Waals surface area contributed by atoms with Gasteiger partial charge >= 0.3 is 7.82 Å².